The first-order valence-corrected chi connectivity index (χ1v) is 13.5. The van der Waals surface area contributed by atoms with E-state index in [-0.39, 0.29) is 13.2 Å². The van der Waals surface area contributed by atoms with Crippen LogP contribution in [0.2, 0.25) is 0 Å². The lowest BCUT2D eigenvalue weighted by molar-refractivity contribution is -0.136. The number of nitrogens with one attached hydrogen (secondary N) is 2. The van der Waals surface area contributed by atoms with Crippen molar-refractivity contribution < 1.29 is 19.1 Å². The van der Waals surface area contributed by atoms with Gasteiger partial charge in [0.15, 0.2) is 0 Å². The molecule has 5 heterocycles. The molecule has 0 amide bonds. The Kier molecular flexibility index (Phi) is 6.96. The van der Waals surface area contributed by atoms with Crippen molar-refractivity contribution in [1.82, 2.24) is 19.9 Å². The summed E-state index contributed by atoms with van der Waals surface area (Å²) in [6.45, 7) is 16.1. The number of nitrogens with zero attached hydrogens (tertiary/aromatic N) is 2. The SMILES string of the molecule is CCOC(=O)C1=C(C)c2cc3nc(c4[nH]c(cc5[nH]c(ccc1n2)c(C(=O)OCC)c5C)c(C)c4C)C(C)=C3C. The molecule has 3 aromatic rings. The van der Waals surface area contributed by atoms with Crippen LogP contribution in [0.3, 0.4) is 0 Å². The molecule has 8 heteroatoms. The monoisotopic (exact) mass is 538 g/mol. The highest BCUT2D eigenvalue weighted by Crippen LogP contribution is 2.36. The Morgan fingerprint density at radius 1 is 0.675 bits per heavy atom. The van der Waals surface area contributed by atoms with E-state index in [1.807, 2.05) is 26.0 Å². The predicted octanol–water partition coefficient (Wildman–Crippen LogP) is 6.86. The van der Waals surface area contributed by atoms with E-state index in [1.165, 1.54) is 0 Å². The van der Waals surface area contributed by atoms with E-state index in [4.69, 9.17) is 19.4 Å². The van der Waals surface area contributed by atoms with Gasteiger partial charge in [0.1, 0.15) is 0 Å². The maximum Gasteiger partial charge on any atom is 0.340 e. The van der Waals surface area contributed by atoms with Gasteiger partial charge in [-0.2, -0.15) is 0 Å². The van der Waals surface area contributed by atoms with Crippen molar-refractivity contribution in [3.63, 3.8) is 0 Å². The second-order valence-electron chi connectivity index (χ2n) is 10.2. The summed E-state index contributed by atoms with van der Waals surface area (Å²) < 4.78 is 10.8. The van der Waals surface area contributed by atoms with E-state index in [9.17, 15) is 9.59 Å². The Balaban J connectivity index is 1.96. The van der Waals surface area contributed by atoms with Crippen LogP contribution in [-0.2, 0) is 14.3 Å². The number of hydrogen-bond acceptors (Lipinski definition) is 6. The highest BCUT2D eigenvalue weighted by molar-refractivity contribution is 6.25. The van der Waals surface area contributed by atoms with E-state index in [0.717, 1.165) is 55.8 Å². The van der Waals surface area contributed by atoms with Crippen molar-refractivity contribution in [2.45, 2.75) is 55.4 Å². The molecule has 0 spiro atoms. The van der Waals surface area contributed by atoms with Crippen LogP contribution in [-0.4, -0.2) is 45.1 Å². The Morgan fingerprint density at radius 3 is 2.02 bits per heavy atom. The predicted molar refractivity (Wildman–Crippen MR) is 158 cm³/mol. The lowest BCUT2D eigenvalue weighted by Gasteiger charge is -2.03. The Bertz CT molecular complexity index is 1820. The minimum Gasteiger partial charge on any atom is -0.462 e. The Labute approximate surface area is 233 Å². The fraction of sp³-hybridized carbons (Fsp3) is 0.312. The van der Waals surface area contributed by atoms with E-state index in [0.29, 0.717) is 33.6 Å². The van der Waals surface area contributed by atoms with Crippen molar-refractivity contribution in [2.24, 2.45) is 0 Å². The topological polar surface area (TPSA) is 110 Å². The number of hydrogen-bond donors (Lipinski definition) is 2. The van der Waals surface area contributed by atoms with Crippen molar-refractivity contribution in [3.8, 4) is 0 Å². The minimum absolute atomic E-state index is 0.247. The van der Waals surface area contributed by atoms with Crippen molar-refractivity contribution in [1.29, 1.82) is 0 Å². The number of fused-ring (bicyclic) bond motifs is 9. The zero-order chi connectivity index (χ0) is 28.9. The van der Waals surface area contributed by atoms with Crippen molar-refractivity contribution in [3.05, 3.63) is 69.3 Å². The molecule has 0 unspecified atom stereocenters. The first-order valence-electron chi connectivity index (χ1n) is 13.5. The second kappa shape index (κ2) is 10.3. The van der Waals surface area contributed by atoms with Crippen LogP contribution in [0.1, 0.15) is 84.4 Å². The number of rotatable bonds is 4. The van der Waals surface area contributed by atoms with E-state index >= 15 is 0 Å². The van der Waals surface area contributed by atoms with Gasteiger partial charge in [0.05, 0.1) is 58.2 Å². The van der Waals surface area contributed by atoms with Gasteiger partial charge in [0, 0.05) is 11.0 Å². The first-order chi connectivity index (χ1) is 19.1. The van der Waals surface area contributed by atoms with Gasteiger partial charge in [-0.25, -0.2) is 19.6 Å². The number of aryl methyl sites for hydroxylation is 3. The molecular weight excluding hydrogens is 504 g/mol. The van der Waals surface area contributed by atoms with Gasteiger partial charge in [0.2, 0.25) is 0 Å². The number of aromatic nitrogens is 4. The van der Waals surface area contributed by atoms with E-state index in [2.05, 4.69) is 37.7 Å². The van der Waals surface area contributed by atoms with Crippen LogP contribution in [0.4, 0.5) is 0 Å². The molecule has 2 aliphatic rings. The van der Waals surface area contributed by atoms with E-state index in [1.54, 1.807) is 26.0 Å². The molecule has 0 radical (unpaired) electrons. The standard InChI is InChI=1S/C32H34N4O4/c1-9-39-31(37)27-19(7)25-13-23-15(3)17(5)29(35-23)30-18(6)16(4)24(36-30)14-26-20(8)28(32(38)40-10-2)22(34-26)12-11-21(27)33-25/h11-14,33,35H,9-10H2,1-8H3. The largest absolute Gasteiger partial charge is 0.462 e. The average Bonchev–Trinajstić information content (AvgIpc) is 3.58. The molecule has 0 aromatic carbocycles. The molecule has 3 aromatic heterocycles. The highest BCUT2D eigenvalue weighted by Gasteiger charge is 2.26. The fourth-order valence-electron chi connectivity index (χ4n) is 5.26. The number of allylic oxidation sites excluding steroid dienone is 3. The highest BCUT2D eigenvalue weighted by atomic mass is 16.5. The summed E-state index contributed by atoms with van der Waals surface area (Å²) in [7, 11) is 0. The zero-order valence-corrected chi connectivity index (χ0v) is 24.3. The van der Waals surface area contributed by atoms with Gasteiger partial charge >= 0.3 is 11.9 Å². The molecule has 0 saturated heterocycles. The molecule has 40 heavy (non-hydrogen) atoms. The van der Waals surface area contributed by atoms with Gasteiger partial charge in [-0.1, -0.05) is 0 Å². The maximum absolute atomic E-state index is 13.0. The van der Waals surface area contributed by atoms with Crippen molar-refractivity contribution in [2.75, 3.05) is 13.2 Å². The van der Waals surface area contributed by atoms with Gasteiger partial charge in [-0.05, 0) is 113 Å². The summed E-state index contributed by atoms with van der Waals surface area (Å²) in [4.78, 5) is 42.9. The van der Waals surface area contributed by atoms with Crippen molar-refractivity contribution >= 4 is 56.3 Å². The Morgan fingerprint density at radius 2 is 1.32 bits per heavy atom. The van der Waals surface area contributed by atoms with Crippen LogP contribution >= 0.6 is 0 Å². The molecule has 0 aliphatic carbocycles. The quantitative estimate of drug-likeness (QED) is 0.351. The molecule has 0 fully saturated rings. The van der Waals surface area contributed by atoms with Crippen LogP contribution in [0.15, 0.2) is 24.3 Å². The summed E-state index contributed by atoms with van der Waals surface area (Å²) in [6, 6.07) is 7.44. The zero-order valence-electron chi connectivity index (χ0n) is 24.3. The number of esters is 2. The normalized spacial score (nSPS) is 13.2. The smallest absolute Gasteiger partial charge is 0.340 e. The second-order valence-corrected chi connectivity index (χ2v) is 10.2. The molecule has 2 N–H and O–H groups in total. The van der Waals surface area contributed by atoms with Gasteiger partial charge in [-0.3, -0.25) is 0 Å². The molecule has 0 atom stereocenters. The number of ether oxygens (including phenoxy) is 2. The van der Waals surface area contributed by atoms with Gasteiger partial charge in [-0.15, -0.1) is 0 Å². The number of carbonyl (C=O) groups excluding carboxylic acids is 2. The minimum atomic E-state index is -0.444. The molecule has 5 rings (SSSR count). The number of aromatic amines is 2. The lowest BCUT2D eigenvalue weighted by Crippen LogP contribution is -2.06. The number of carbonyl (C=O) groups is 2. The van der Waals surface area contributed by atoms with Crippen LogP contribution in [0.25, 0.3) is 44.4 Å². The third-order valence-electron chi connectivity index (χ3n) is 7.88. The summed E-state index contributed by atoms with van der Waals surface area (Å²) in [5.41, 5.74) is 12.7. The molecular formula is C32H34N4O4. The molecule has 206 valence electrons. The van der Waals surface area contributed by atoms with Crippen LogP contribution in [0, 0.1) is 20.8 Å². The Hall–Kier alpha value is -4.46. The summed E-state index contributed by atoms with van der Waals surface area (Å²) in [5.74, 6) is -0.861. The third kappa shape index (κ3) is 4.33. The van der Waals surface area contributed by atoms with Crippen LogP contribution < -0.4 is 0 Å². The molecule has 0 saturated carbocycles. The average molecular weight is 539 g/mol. The van der Waals surface area contributed by atoms with Gasteiger partial charge < -0.3 is 19.4 Å². The molecule has 8 nitrogen and oxygen atoms in total. The maximum atomic E-state index is 13.0. The fourth-order valence-corrected chi connectivity index (χ4v) is 5.26. The lowest BCUT2D eigenvalue weighted by atomic mass is 10.0. The van der Waals surface area contributed by atoms with Gasteiger partial charge in [0.25, 0.3) is 0 Å². The first kappa shape index (κ1) is 27.1. The molecule has 2 aliphatic heterocycles. The summed E-state index contributed by atoms with van der Waals surface area (Å²) in [6.07, 6.45) is 0. The summed E-state index contributed by atoms with van der Waals surface area (Å²) >= 11 is 0. The third-order valence-corrected chi connectivity index (χ3v) is 7.88. The molecule has 8 bridgehead atoms. The summed E-state index contributed by atoms with van der Waals surface area (Å²) in [5, 5.41) is 0. The van der Waals surface area contributed by atoms with Crippen LogP contribution in [0.5, 0.6) is 0 Å². The number of H-pyrrole nitrogens is 2. The van der Waals surface area contributed by atoms with E-state index < -0.39 is 11.9 Å².